The molecular formula is C15H13N3O2S2. The van der Waals surface area contributed by atoms with E-state index in [1.54, 1.807) is 29.5 Å². The standard InChI is InChI=1S/C15H13N3O2S2/c19-13(16-6-5-10-2-1-7-22-10)9-3-4-11-12(8-9)17-15(21)18-14(11)20/h1-4,7-8H,5-6H2,(H,16,19)(H2,17,18,20,21). The van der Waals surface area contributed by atoms with Crippen LogP contribution in [-0.4, -0.2) is 22.4 Å². The van der Waals surface area contributed by atoms with Crippen molar-refractivity contribution in [3.63, 3.8) is 0 Å². The average Bonchev–Trinajstić information content (AvgIpc) is 2.99. The fourth-order valence-electron chi connectivity index (χ4n) is 2.17. The lowest BCUT2D eigenvalue weighted by atomic mass is 10.1. The van der Waals surface area contributed by atoms with Crippen molar-refractivity contribution >= 4 is 40.4 Å². The highest BCUT2D eigenvalue weighted by molar-refractivity contribution is 7.71. The lowest BCUT2D eigenvalue weighted by molar-refractivity contribution is 0.0954. The topological polar surface area (TPSA) is 77.8 Å². The van der Waals surface area contributed by atoms with Crippen LogP contribution in [0.2, 0.25) is 0 Å². The van der Waals surface area contributed by atoms with Crippen LogP contribution in [0, 0.1) is 4.77 Å². The van der Waals surface area contributed by atoms with Crippen molar-refractivity contribution in [3.05, 3.63) is 61.3 Å². The van der Waals surface area contributed by atoms with Gasteiger partial charge in [-0.05, 0) is 48.3 Å². The summed E-state index contributed by atoms with van der Waals surface area (Å²) in [5.74, 6) is -0.168. The Hall–Kier alpha value is -2.25. The van der Waals surface area contributed by atoms with Crippen LogP contribution in [0.4, 0.5) is 0 Å². The Balaban J connectivity index is 1.76. The van der Waals surface area contributed by atoms with E-state index in [9.17, 15) is 9.59 Å². The predicted octanol–water partition coefficient (Wildman–Crippen LogP) is 2.62. The molecule has 0 aliphatic carbocycles. The van der Waals surface area contributed by atoms with Gasteiger partial charge in [0.15, 0.2) is 4.77 Å². The van der Waals surface area contributed by atoms with Crippen LogP contribution in [0.5, 0.6) is 0 Å². The molecule has 2 heterocycles. The van der Waals surface area contributed by atoms with Gasteiger partial charge in [0.25, 0.3) is 11.5 Å². The number of carbonyl (C=O) groups excluding carboxylic acids is 1. The molecule has 7 heteroatoms. The van der Waals surface area contributed by atoms with E-state index in [0.29, 0.717) is 23.0 Å². The van der Waals surface area contributed by atoms with Gasteiger partial charge in [0.2, 0.25) is 0 Å². The highest BCUT2D eigenvalue weighted by atomic mass is 32.1. The number of rotatable bonds is 4. The van der Waals surface area contributed by atoms with Gasteiger partial charge in [-0.15, -0.1) is 11.3 Å². The van der Waals surface area contributed by atoms with Crippen molar-refractivity contribution in [3.8, 4) is 0 Å². The Labute approximate surface area is 135 Å². The van der Waals surface area contributed by atoms with Gasteiger partial charge < -0.3 is 10.3 Å². The Kier molecular flexibility index (Phi) is 4.17. The minimum atomic E-state index is -0.261. The van der Waals surface area contributed by atoms with Crippen molar-refractivity contribution in [2.24, 2.45) is 0 Å². The number of hydrogen-bond donors (Lipinski definition) is 3. The first-order valence-corrected chi connectivity index (χ1v) is 7.99. The summed E-state index contributed by atoms with van der Waals surface area (Å²) >= 11 is 6.61. The fraction of sp³-hybridized carbons (Fsp3) is 0.133. The quantitative estimate of drug-likeness (QED) is 0.643. The molecule has 0 fully saturated rings. The molecule has 0 aliphatic rings. The number of H-pyrrole nitrogens is 2. The molecule has 0 radical (unpaired) electrons. The zero-order valence-electron chi connectivity index (χ0n) is 11.5. The second kappa shape index (κ2) is 6.25. The number of hydrogen-bond acceptors (Lipinski definition) is 4. The summed E-state index contributed by atoms with van der Waals surface area (Å²) in [6.45, 7) is 0.572. The van der Waals surface area contributed by atoms with Crippen LogP contribution in [-0.2, 0) is 6.42 Å². The zero-order valence-corrected chi connectivity index (χ0v) is 13.1. The number of benzene rings is 1. The summed E-state index contributed by atoms with van der Waals surface area (Å²) in [6, 6.07) is 8.92. The molecule has 0 saturated carbocycles. The maximum atomic E-state index is 12.2. The van der Waals surface area contributed by atoms with Crippen LogP contribution in [0.3, 0.4) is 0 Å². The molecule has 1 amide bonds. The lowest BCUT2D eigenvalue weighted by Crippen LogP contribution is -2.25. The average molecular weight is 331 g/mol. The molecule has 0 bridgehead atoms. The number of amides is 1. The summed E-state index contributed by atoms with van der Waals surface area (Å²) in [7, 11) is 0. The normalized spacial score (nSPS) is 10.7. The molecule has 0 atom stereocenters. The van der Waals surface area contributed by atoms with Gasteiger partial charge in [0.05, 0.1) is 10.9 Å². The zero-order chi connectivity index (χ0) is 15.5. The van der Waals surface area contributed by atoms with Crippen molar-refractivity contribution in [1.29, 1.82) is 0 Å². The largest absolute Gasteiger partial charge is 0.352 e. The van der Waals surface area contributed by atoms with Gasteiger partial charge in [-0.2, -0.15) is 0 Å². The molecule has 3 rings (SSSR count). The lowest BCUT2D eigenvalue weighted by Gasteiger charge is -2.05. The Bertz CT molecular complexity index is 926. The highest BCUT2D eigenvalue weighted by Gasteiger charge is 2.08. The molecule has 0 unspecified atom stereocenters. The van der Waals surface area contributed by atoms with E-state index in [2.05, 4.69) is 15.3 Å². The van der Waals surface area contributed by atoms with Crippen molar-refractivity contribution in [2.75, 3.05) is 6.54 Å². The molecule has 5 nitrogen and oxygen atoms in total. The van der Waals surface area contributed by atoms with E-state index in [-0.39, 0.29) is 16.2 Å². The molecule has 0 spiro atoms. The van der Waals surface area contributed by atoms with Crippen molar-refractivity contribution in [2.45, 2.75) is 6.42 Å². The van der Waals surface area contributed by atoms with Crippen LogP contribution < -0.4 is 10.9 Å². The van der Waals surface area contributed by atoms with E-state index in [4.69, 9.17) is 12.2 Å². The monoisotopic (exact) mass is 331 g/mol. The van der Waals surface area contributed by atoms with Gasteiger partial charge in [0.1, 0.15) is 0 Å². The van der Waals surface area contributed by atoms with E-state index < -0.39 is 0 Å². The van der Waals surface area contributed by atoms with Gasteiger partial charge in [0, 0.05) is 17.0 Å². The molecule has 0 aliphatic heterocycles. The number of thiophene rings is 1. The number of nitrogens with one attached hydrogen (secondary N) is 3. The van der Waals surface area contributed by atoms with Crippen LogP contribution in [0.15, 0.2) is 40.5 Å². The van der Waals surface area contributed by atoms with Crippen LogP contribution in [0.25, 0.3) is 10.9 Å². The number of carbonyl (C=O) groups is 1. The Morgan fingerprint density at radius 2 is 2.14 bits per heavy atom. The predicted molar refractivity (Wildman–Crippen MR) is 90.1 cm³/mol. The molecule has 1 aromatic carbocycles. The highest BCUT2D eigenvalue weighted by Crippen LogP contribution is 2.11. The van der Waals surface area contributed by atoms with E-state index in [0.717, 1.165) is 6.42 Å². The minimum Gasteiger partial charge on any atom is -0.352 e. The van der Waals surface area contributed by atoms with E-state index in [1.807, 2.05) is 17.5 Å². The molecule has 22 heavy (non-hydrogen) atoms. The molecule has 112 valence electrons. The van der Waals surface area contributed by atoms with Crippen molar-refractivity contribution in [1.82, 2.24) is 15.3 Å². The summed E-state index contributed by atoms with van der Waals surface area (Å²) in [4.78, 5) is 30.5. The minimum absolute atomic E-state index is 0.168. The van der Waals surface area contributed by atoms with Gasteiger partial charge >= 0.3 is 0 Å². The number of aromatic nitrogens is 2. The first-order valence-electron chi connectivity index (χ1n) is 6.70. The van der Waals surface area contributed by atoms with Crippen LogP contribution in [0.1, 0.15) is 15.2 Å². The molecule has 0 saturated heterocycles. The maximum absolute atomic E-state index is 12.2. The third-order valence-electron chi connectivity index (χ3n) is 3.24. The first kappa shape index (κ1) is 14.7. The molecular weight excluding hydrogens is 318 g/mol. The van der Waals surface area contributed by atoms with Gasteiger partial charge in [-0.3, -0.25) is 14.6 Å². The number of fused-ring (bicyclic) bond motifs is 1. The Morgan fingerprint density at radius 1 is 1.27 bits per heavy atom. The summed E-state index contributed by atoms with van der Waals surface area (Å²) < 4.78 is 0.243. The molecule has 2 aromatic heterocycles. The fourth-order valence-corrected chi connectivity index (χ4v) is 3.08. The summed E-state index contributed by atoms with van der Waals surface area (Å²) in [5.41, 5.74) is 0.790. The second-order valence-corrected chi connectivity index (χ2v) is 6.19. The first-order chi connectivity index (χ1) is 10.6. The van der Waals surface area contributed by atoms with E-state index in [1.165, 1.54) is 4.88 Å². The SMILES string of the molecule is O=C(NCCc1cccs1)c1ccc2c(=O)[nH]c(=S)[nH]c2c1. The molecule has 3 aromatic rings. The summed E-state index contributed by atoms with van der Waals surface area (Å²) in [5, 5.41) is 5.36. The second-order valence-electron chi connectivity index (χ2n) is 4.75. The number of aromatic amines is 2. The molecule has 3 N–H and O–H groups in total. The van der Waals surface area contributed by atoms with Gasteiger partial charge in [-0.25, -0.2) is 0 Å². The smallest absolute Gasteiger partial charge is 0.259 e. The maximum Gasteiger partial charge on any atom is 0.259 e. The third kappa shape index (κ3) is 3.15. The summed E-state index contributed by atoms with van der Waals surface area (Å²) in [6.07, 6.45) is 0.805. The van der Waals surface area contributed by atoms with Crippen molar-refractivity contribution < 1.29 is 4.79 Å². The Morgan fingerprint density at radius 3 is 2.91 bits per heavy atom. The van der Waals surface area contributed by atoms with Crippen LogP contribution >= 0.6 is 23.6 Å². The van der Waals surface area contributed by atoms with E-state index >= 15 is 0 Å². The van der Waals surface area contributed by atoms with Gasteiger partial charge in [-0.1, -0.05) is 6.07 Å². The third-order valence-corrected chi connectivity index (χ3v) is 4.38.